The summed E-state index contributed by atoms with van der Waals surface area (Å²) in [5, 5.41) is 1.29. The molecule has 6 nitrogen and oxygen atoms in total. The molecule has 2 fully saturated rings. The van der Waals surface area contributed by atoms with E-state index >= 15 is 0 Å². The number of H-pyrrole nitrogens is 1. The minimum atomic E-state index is 0.747. The van der Waals surface area contributed by atoms with Gasteiger partial charge in [0.15, 0.2) is 11.5 Å². The third-order valence-electron chi connectivity index (χ3n) is 8.09. The Balaban J connectivity index is 1.26. The first-order chi connectivity index (χ1) is 17.5. The van der Waals surface area contributed by atoms with Crippen molar-refractivity contribution in [1.82, 2.24) is 14.8 Å². The molecule has 36 heavy (non-hydrogen) atoms. The molecule has 6 heteroatoms. The lowest BCUT2D eigenvalue weighted by Crippen LogP contribution is -2.53. The Hall–Kier alpha value is -2.70. The van der Waals surface area contributed by atoms with Gasteiger partial charge in [-0.2, -0.15) is 0 Å². The third-order valence-corrected chi connectivity index (χ3v) is 8.09. The van der Waals surface area contributed by atoms with Gasteiger partial charge in [-0.05, 0) is 80.7 Å². The van der Waals surface area contributed by atoms with Crippen LogP contribution < -0.4 is 14.4 Å². The van der Waals surface area contributed by atoms with Crippen LogP contribution in [0.2, 0.25) is 0 Å². The molecule has 0 unspecified atom stereocenters. The summed E-state index contributed by atoms with van der Waals surface area (Å²) in [6.07, 6.45) is 2.64. The number of nitrogens with zero attached hydrogens (tertiary/aromatic N) is 3. The number of fused-ring (bicyclic) bond motifs is 1. The molecule has 5 rings (SSSR count). The predicted molar refractivity (Wildman–Crippen MR) is 150 cm³/mol. The lowest BCUT2D eigenvalue weighted by molar-refractivity contribution is 0.0974. The van der Waals surface area contributed by atoms with Gasteiger partial charge in [-0.1, -0.05) is 13.8 Å². The Bertz CT molecular complexity index is 1170. The maximum absolute atomic E-state index is 5.53. The number of anilines is 1. The van der Waals surface area contributed by atoms with Crippen molar-refractivity contribution in [3.8, 4) is 22.8 Å². The molecule has 2 aliphatic rings. The first-order valence-electron chi connectivity index (χ1n) is 13.5. The molecule has 194 valence electrons. The van der Waals surface area contributed by atoms with E-state index in [1.165, 1.54) is 54.6 Å². The molecule has 0 aliphatic carbocycles. The lowest BCUT2D eigenvalue weighted by Gasteiger charge is -2.43. The summed E-state index contributed by atoms with van der Waals surface area (Å²) >= 11 is 0. The molecular weight excluding hydrogens is 448 g/mol. The quantitative estimate of drug-likeness (QED) is 0.480. The monoisotopic (exact) mass is 490 g/mol. The summed E-state index contributed by atoms with van der Waals surface area (Å²) in [4.78, 5) is 11.6. The molecule has 3 heterocycles. The summed E-state index contributed by atoms with van der Waals surface area (Å²) in [6, 6.07) is 13.7. The van der Waals surface area contributed by atoms with E-state index in [2.05, 4.69) is 64.7 Å². The van der Waals surface area contributed by atoms with Crippen LogP contribution in [-0.4, -0.2) is 80.9 Å². The zero-order chi connectivity index (χ0) is 25.2. The van der Waals surface area contributed by atoms with Crippen LogP contribution >= 0.6 is 0 Å². The fraction of sp³-hybridized carbons (Fsp3) is 0.533. The highest BCUT2D eigenvalue weighted by Crippen LogP contribution is 2.36. The topological polar surface area (TPSA) is 44.0 Å². The Kier molecular flexibility index (Phi) is 7.44. The molecule has 0 bridgehead atoms. The average molecular weight is 491 g/mol. The van der Waals surface area contributed by atoms with Crippen LogP contribution in [0.4, 0.5) is 5.69 Å². The highest BCUT2D eigenvalue weighted by Gasteiger charge is 2.28. The molecule has 0 spiro atoms. The van der Waals surface area contributed by atoms with Crippen molar-refractivity contribution in [3.05, 3.63) is 42.0 Å². The predicted octanol–water partition coefficient (Wildman–Crippen LogP) is 5.40. The molecule has 1 aromatic heterocycles. The van der Waals surface area contributed by atoms with E-state index in [0.29, 0.717) is 0 Å². The molecule has 0 amide bonds. The minimum absolute atomic E-state index is 0.747. The van der Waals surface area contributed by atoms with Crippen LogP contribution in [0.15, 0.2) is 36.4 Å². The fourth-order valence-electron chi connectivity index (χ4n) is 6.12. The average Bonchev–Trinajstić information content (AvgIpc) is 3.24. The van der Waals surface area contributed by atoms with E-state index < -0.39 is 0 Å². The van der Waals surface area contributed by atoms with Gasteiger partial charge in [0.25, 0.3) is 0 Å². The summed E-state index contributed by atoms with van der Waals surface area (Å²) < 4.78 is 10.9. The van der Waals surface area contributed by atoms with Crippen LogP contribution in [0.25, 0.3) is 22.2 Å². The summed E-state index contributed by atoms with van der Waals surface area (Å²) in [5.74, 6) is 2.26. The van der Waals surface area contributed by atoms with Gasteiger partial charge < -0.3 is 24.3 Å². The fourth-order valence-corrected chi connectivity index (χ4v) is 6.12. The van der Waals surface area contributed by atoms with Crippen LogP contribution in [0.1, 0.15) is 32.3 Å². The van der Waals surface area contributed by atoms with Gasteiger partial charge in [0.1, 0.15) is 0 Å². The molecule has 2 aromatic carbocycles. The number of benzene rings is 2. The molecule has 2 aliphatic heterocycles. The van der Waals surface area contributed by atoms with Crippen LogP contribution in [-0.2, 0) is 0 Å². The number of hydrogen-bond donors (Lipinski definition) is 1. The van der Waals surface area contributed by atoms with Crippen molar-refractivity contribution in [2.45, 2.75) is 39.7 Å². The van der Waals surface area contributed by atoms with Crippen molar-refractivity contribution < 1.29 is 9.47 Å². The number of hydrogen-bond acceptors (Lipinski definition) is 5. The van der Waals surface area contributed by atoms with Crippen molar-refractivity contribution >= 4 is 16.6 Å². The summed E-state index contributed by atoms with van der Waals surface area (Å²) in [7, 11) is 3.35. The van der Waals surface area contributed by atoms with Crippen LogP contribution in [0, 0.1) is 12.8 Å². The van der Waals surface area contributed by atoms with Gasteiger partial charge in [0, 0.05) is 66.6 Å². The number of ether oxygens (including phenoxy) is 2. The van der Waals surface area contributed by atoms with Crippen molar-refractivity contribution in [3.63, 3.8) is 0 Å². The zero-order valence-electron chi connectivity index (χ0n) is 22.6. The van der Waals surface area contributed by atoms with E-state index in [-0.39, 0.29) is 0 Å². The Labute approximate surface area is 216 Å². The number of rotatable bonds is 7. The highest BCUT2D eigenvalue weighted by atomic mass is 16.5. The second-order valence-corrected chi connectivity index (χ2v) is 10.9. The van der Waals surface area contributed by atoms with E-state index in [1.54, 1.807) is 14.2 Å². The van der Waals surface area contributed by atoms with Gasteiger partial charge in [-0.3, -0.25) is 4.90 Å². The van der Waals surface area contributed by atoms with E-state index in [4.69, 9.17) is 9.47 Å². The SMILES string of the molecule is COc1ccc(-c2[nH]c3ccc(N4CCN(C5CCN(CC(C)C)CC5)CC4)cc3c2C)cc1OC. The van der Waals surface area contributed by atoms with Gasteiger partial charge in [0.2, 0.25) is 0 Å². The summed E-state index contributed by atoms with van der Waals surface area (Å²) in [6.45, 7) is 15.2. The van der Waals surface area contributed by atoms with Gasteiger partial charge in [-0.25, -0.2) is 0 Å². The molecule has 0 atom stereocenters. The molecule has 2 saturated heterocycles. The first kappa shape index (κ1) is 25.0. The van der Waals surface area contributed by atoms with E-state index in [1.807, 2.05) is 12.1 Å². The minimum Gasteiger partial charge on any atom is -0.493 e. The number of piperidine rings is 1. The maximum atomic E-state index is 5.53. The van der Waals surface area contributed by atoms with Gasteiger partial charge >= 0.3 is 0 Å². The number of piperazine rings is 1. The summed E-state index contributed by atoms with van der Waals surface area (Å²) in [5.41, 5.74) is 6.02. The standard InChI is InChI=1S/C30H42N4O2/c1-21(2)20-32-12-10-24(11-13-32)33-14-16-34(17-15-33)25-7-8-27-26(19-25)22(3)30(31-27)23-6-9-28(35-4)29(18-23)36-5/h6-9,18-19,21,24,31H,10-17,20H2,1-5H3. The molecular formula is C30H42N4O2. The molecule has 0 saturated carbocycles. The second-order valence-electron chi connectivity index (χ2n) is 10.9. The Morgan fingerprint density at radius 2 is 1.61 bits per heavy atom. The highest BCUT2D eigenvalue weighted by molar-refractivity contribution is 5.93. The van der Waals surface area contributed by atoms with Crippen molar-refractivity contribution in [1.29, 1.82) is 0 Å². The molecule has 0 radical (unpaired) electrons. The number of aromatic amines is 1. The van der Waals surface area contributed by atoms with Crippen molar-refractivity contribution in [2.75, 3.05) is 64.9 Å². The smallest absolute Gasteiger partial charge is 0.161 e. The molecule has 3 aromatic rings. The Morgan fingerprint density at radius 1 is 0.889 bits per heavy atom. The van der Waals surface area contributed by atoms with Crippen molar-refractivity contribution in [2.24, 2.45) is 5.92 Å². The molecule has 1 N–H and O–H groups in total. The lowest BCUT2D eigenvalue weighted by atomic mass is 10.0. The number of aryl methyl sites for hydroxylation is 1. The number of methoxy groups -OCH3 is 2. The Morgan fingerprint density at radius 3 is 2.28 bits per heavy atom. The third kappa shape index (κ3) is 5.07. The van der Waals surface area contributed by atoms with Crippen LogP contribution in [0.3, 0.4) is 0 Å². The first-order valence-corrected chi connectivity index (χ1v) is 13.5. The normalized spacial score (nSPS) is 18.3. The number of aromatic nitrogens is 1. The maximum Gasteiger partial charge on any atom is 0.161 e. The van der Waals surface area contributed by atoms with Gasteiger partial charge in [-0.15, -0.1) is 0 Å². The zero-order valence-corrected chi connectivity index (χ0v) is 22.6. The second kappa shape index (κ2) is 10.7. The van der Waals surface area contributed by atoms with E-state index in [9.17, 15) is 0 Å². The van der Waals surface area contributed by atoms with Crippen LogP contribution in [0.5, 0.6) is 11.5 Å². The number of likely N-dealkylation sites (tertiary alicyclic amines) is 1. The van der Waals surface area contributed by atoms with Gasteiger partial charge in [0.05, 0.1) is 14.2 Å². The van der Waals surface area contributed by atoms with E-state index in [0.717, 1.165) is 60.9 Å². The number of nitrogens with one attached hydrogen (secondary N) is 1. The largest absolute Gasteiger partial charge is 0.493 e.